The Morgan fingerprint density at radius 2 is 1.36 bits per heavy atom. The van der Waals surface area contributed by atoms with E-state index < -0.39 is 0 Å². The van der Waals surface area contributed by atoms with E-state index in [-0.39, 0.29) is 0 Å². The molecule has 5 atom stereocenters. The third-order valence-corrected chi connectivity index (χ3v) is 7.20. The normalized spacial score (nSPS) is 69.4. The number of rotatable bonds is 2. The fraction of sp³-hybridized carbons (Fsp3) is 1.00. The zero-order chi connectivity index (χ0) is 8.71. The molecule has 0 heterocycles. The van der Waals surface area contributed by atoms with E-state index in [4.69, 9.17) is 0 Å². The first-order chi connectivity index (χ1) is 6.91. The van der Waals surface area contributed by atoms with E-state index in [1.54, 1.807) is 38.5 Å². The van der Waals surface area contributed by atoms with E-state index >= 15 is 0 Å². The summed E-state index contributed by atoms with van der Waals surface area (Å²) >= 11 is 0. The molecule has 4 unspecified atom stereocenters. The maximum atomic E-state index is 1.68. The SMILES string of the molecule is C1CC1C1(C2CC2)C2C3CC4CC4[C@@]321. The van der Waals surface area contributed by atoms with Crippen molar-refractivity contribution in [2.24, 2.45) is 46.3 Å². The van der Waals surface area contributed by atoms with Crippen molar-refractivity contribution < 1.29 is 0 Å². The average Bonchev–Trinajstić information content (AvgIpc) is 3.03. The Kier molecular flexibility index (Phi) is 0.676. The second-order valence-corrected chi connectivity index (χ2v) is 7.34. The Morgan fingerprint density at radius 3 is 1.93 bits per heavy atom. The Bertz CT molecular complexity index is 350. The lowest BCUT2D eigenvalue weighted by molar-refractivity contribution is 0.159. The quantitative estimate of drug-likeness (QED) is 0.621. The smallest absolute Gasteiger partial charge is 0.0133 e. The van der Waals surface area contributed by atoms with Crippen LogP contribution in [0.2, 0.25) is 0 Å². The lowest BCUT2D eigenvalue weighted by Gasteiger charge is -2.30. The lowest BCUT2D eigenvalue weighted by atomic mass is 9.73. The van der Waals surface area contributed by atoms with Crippen LogP contribution in [-0.4, -0.2) is 0 Å². The largest absolute Gasteiger partial charge is 0.0496 e. The van der Waals surface area contributed by atoms with Crippen molar-refractivity contribution in [3.05, 3.63) is 0 Å². The van der Waals surface area contributed by atoms with Crippen LogP contribution in [0.4, 0.5) is 0 Å². The van der Waals surface area contributed by atoms with Crippen LogP contribution in [0.5, 0.6) is 0 Å². The molecule has 0 aromatic heterocycles. The second kappa shape index (κ2) is 1.44. The third-order valence-electron chi connectivity index (χ3n) is 7.20. The van der Waals surface area contributed by atoms with Crippen molar-refractivity contribution in [1.82, 2.24) is 0 Å². The molecule has 0 N–H and O–H groups in total. The molecule has 0 bridgehead atoms. The van der Waals surface area contributed by atoms with Gasteiger partial charge in [0.25, 0.3) is 0 Å². The molecule has 6 rings (SSSR count). The molecular weight excluding hydrogens is 168 g/mol. The van der Waals surface area contributed by atoms with Crippen LogP contribution < -0.4 is 0 Å². The van der Waals surface area contributed by atoms with Gasteiger partial charge in [-0.1, -0.05) is 0 Å². The zero-order valence-corrected chi connectivity index (χ0v) is 8.71. The average molecular weight is 186 g/mol. The first-order valence-corrected chi connectivity index (χ1v) is 6.91. The Morgan fingerprint density at radius 1 is 0.714 bits per heavy atom. The number of hydrogen-bond donors (Lipinski definition) is 0. The van der Waals surface area contributed by atoms with Crippen molar-refractivity contribution in [2.45, 2.75) is 38.5 Å². The summed E-state index contributed by atoms with van der Waals surface area (Å²) < 4.78 is 0. The van der Waals surface area contributed by atoms with Crippen LogP contribution in [0.25, 0.3) is 0 Å². The van der Waals surface area contributed by atoms with Gasteiger partial charge >= 0.3 is 0 Å². The number of hydrogen-bond acceptors (Lipinski definition) is 0. The first-order valence-electron chi connectivity index (χ1n) is 6.91. The molecule has 6 saturated carbocycles. The van der Waals surface area contributed by atoms with Gasteiger partial charge < -0.3 is 0 Å². The molecule has 0 aromatic rings. The summed E-state index contributed by atoms with van der Waals surface area (Å²) in [6, 6.07) is 0. The maximum Gasteiger partial charge on any atom is -0.0133 e. The molecule has 14 heavy (non-hydrogen) atoms. The molecule has 0 aliphatic heterocycles. The van der Waals surface area contributed by atoms with Gasteiger partial charge in [-0.3, -0.25) is 0 Å². The van der Waals surface area contributed by atoms with Crippen LogP contribution in [0, 0.1) is 46.3 Å². The van der Waals surface area contributed by atoms with Crippen LogP contribution in [0.15, 0.2) is 0 Å². The molecule has 0 amide bonds. The summed E-state index contributed by atoms with van der Waals surface area (Å²) in [5.41, 5.74) is 2.06. The highest BCUT2D eigenvalue weighted by Gasteiger charge is 3.03. The molecule has 0 radical (unpaired) electrons. The Balaban J connectivity index is 1.52. The molecule has 74 valence electrons. The molecule has 1 spiro atoms. The van der Waals surface area contributed by atoms with Gasteiger partial charge in [0.2, 0.25) is 0 Å². The Hall–Kier alpha value is 0. The van der Waals surface area contributed by atoms with Crippen molar-refractivity contribution in [2.75, 3.05) is 0 Å². The first kappa shape index (κ1) is 6.55. The predicted molar refractivity (Wildman–Crippen MR) is 53.5 cm³/mol. The predicted octanol–water partition coefficient (Wildman–Crippen LogP) is 3.08. The highest BCUT2D eigenvalue weighted by molar-refractivity contribution is 5.50. The van der Waals surface area contributed by atoms with Crippen molar-refractivity contribution in [1.29, 1.82) is 0 Å². The zero-order valence-electron chi connectivity index (χ0n) is 8.71. The fourth-order valence-corrected chi connectivity index (χ4v) is 6.89. The van der Waals surface area contributed by atoms with E-state index in [0.717, 1.165) is 10.8 Å². The van der Waals surface area contributed by atoms with E-state index in [1.165, 1.54) is 35.5 Å². The number of fused-ring (bicyclic) bond motifs is 2. The van der Waals surface area contributed by atoms with E-state index in [2.05, 4.69) is 0 Å². The minimum Gasteiger partial charge on any atom is -0.0496 e. The Labute approximate surface area is 85.4 Å². The minimum atomic E-state index is 1.02. The van der Waals surface area contributed by atoms with Crippen LogP contribution >= 0.6 is 0 Å². The van der Waals surface area contributed by atoms with Gasteiger partial charge in [0.05, 0.1) is 0 Å². The molecular formula is C14H18. The highest BCUT2D eigenvalue weighted by Crippen LogP contribution is 3.07. The summed E-state index contributed by atoms with van der Waals surface area (Å²) in [6.07, 6.45) is 9.83. The third kappa shape index (κ3) is 0.390. The standard InChI is InChI=1S/C14H18/c1-2-8(1)13(9-3-4-9)12-11-6-7-5-10(7)14(11,12)13/h7-12H,1-6H2/t7?,10?,11?,12?,14-/m1/s1. The van der Waals surface area contributed by atoms with Gasteiger partial charge in [-0.05, 0) is 84.9 Å². The van der Waals surface area contributed by atoms with Gasteiger partial charge in [0, 0.05) is 0 Å². The highest BCUT2D eigenvalue weighted by atomic mass is 15.1. The fourth-order valence-electron chi connectivity index (χ4n) is 6.89. The molecule has 0 saturated heterocycles. The van der Waals surface area contributed by atoms with Gasteiger partial charge in [-0.2, -0.15) is 0 Å². The van der Waals surface area contributed by atoms with Gasteiger partial charge in [0.1, 0.15) is 0 Å². The van der Waals surface area contributed by atoms with Gasteiger partial charge in [-0.15, -0.1) is 0 Å². The van der Waals surface area contributed by atoms with Crippen molar-refractivity contribution >= 4 is 0 Å². The van der Waals surface area contributed by atoms with Gasteiger partial charge in [0.15, 0.2) is 0 Å². The lowest BCUT2D eigenvalue weighted by Crippen LogP contribution is -2.27. The maximum absolute atomic E-state index is 1.68. The summed E-state index contributed by atoms with van der Waals surface area (Å²) in [5, 5.41) is 0. The summed E-state index contributed by atoms with van der Waals surface area (Å²) in [6.45, 7) is 0. The van der Waals surface area contributed by atoms with Crippen LogP contribution in [0.3, 0.4) is 0 Å². The summed E-state index contributed by atoms with van der Waals surface area (Å²) in [7, 11) is 0. The molecule has 0 nitrogen and oxygen atoms in total. The van der Waals surface area contributed by atoms with Crippen molar-refractivity contribution in [3.63, 3.8) is 0 Å². The van der Waals surface area contributed by atoms with E-state index in [0.29, 0.717) is 0 Å². The van der Waals surface area contributed by atoms with Gasteiger partial charge in [-0.25, -0.2) is 0 Å². The molecule has 6 aliphatic carbocycles. The molecule has 6 aliphatic rings. The van der Waals surface area contributed by atoms with Crippen molar-refractivity contribution in [3.8, 4) is 0 Å². The summed E-state index contributed by atoms with van der Waals surface area (Å²) in [5.74, 6) is 7.60. The van der Waals surface area contributed by atoms with Crippen LogP contribution in [0.1, 0.15) is 38.5 Å². The monoisotopic (exact) mass is 186 g/mol. The van der Waals surface area contributed by atoms with Crippen LogP contribution in [-0.2, 0) is 0 Å². The molecule has 0 heteroatoms. The molecule has 6 fully saturated rings. The van der Waals surface area contributed by atoms with E-state index in [1.807, 2.05) is 0 Å². The summed E-state index contributed by atoms with van der Waals surface area (Å²) in [4.78, 5) is 0. The van der Waals surface area contributed by atoms with E-state index in [9.17, 15) is 0 Å². The second-order valence-electron chi connectivity index (χ2n) is 7.34. The topological polar surface area (TPSA) is 0 Å². The molecule has 0 aromatic carbocycles. The minimum absolute atomic E-state index is 1.02.